The SMILES string of the molecule is CN(CC1CCCO1)c1ccc(N)c(OCC2CC2)n1. The molecule has 2 aliphatic rings. The molecule has 0 amide bonds. The van der Waals surface area contributed by atoms with Crippen LogP contribution in [0, 0.1) is 5.92 Å². The number of nitrogens with zero attached hydrogens (tertiary/aromatic N) is 2. The van der Waals surface area contributed by atoms with Gasteiger partial charge in [-0.05, 0) is 43.7 Å². The molecule has 1 saturated carbocycles. The van der Waals surface area contributed by atoms with Crippen LogP contribution in [0.15, 0.2) is 12.1 Å². The molecule has 1 aromatic heterocycles. The number of ether oxygens (including phenoxy) is 2. The Hall–Kier alpha value is -1.49. The van der Waals surface area contributed by atoms with E-state index in [-0.39, 0.29) is 0 Å². The molecule has 110 valence electrons. The predicted octanol–water partition coefficient (Wildman–Crippen LogP) is 2.07. The standard InChI is InChI=1S/C15H23N3O2/c1-18(9-12-3-2-8-19-12)14-7-6-13(16)15(17-14)20-10-11-4-5-11/h6-7,11-12H,2-5,8-10,16H2,1H3. The Labute approximate surface area is 120 Å². The molecular weight excluding hydrogens is 254 g/mol. The topological polar surface area (TPSA) is 60.6 Å². The Bertz CT molecular complexity index is 456. The monoisotopic (exact) mass is 277 g/mol. The second-order valence-corrected chi connectivity index (χ2v) is 5.83. The fourth-order valence-corrected chi connectivity index (χ4v) is 2.44. The minimum Gasteiger partial charge on any atom is -0.476 e. The largest absolute Gasteiger partial charge is 0.476 e. The first-order chi connectivity index (χ1) is 9.72. The van der Waals surface area contributed by atoms with Crippen LogP contribution in [0.5, 0.6) is 5.88 Å². The number of anilines is 2. The van der Waals surface area contributed by atoms with Crippen LogP contribution >= 0.6 is 0 Å². The van der Waals surface area contributed by atoms with Crippen molar-refractivity contribution in [2.24, 2.45) is 5.92 Å². The molecule has 1 aliphatic carbocycles. The van der Waals surface area contributed by atoms with E-state index < -0.39 is 0 Å². The second-order valence-electron chi connectivity index (χ2n) is 5.83. The van der Waals surface area contributed by atoms with E-state index in [9.17, 15) is 0 Å². The molecule has 3 rings (SSSR count). The third kappa shape index (κ3) is 3.33. The van der Waals surface area contributed by atoms with Gasteiger partial charge in [-0.15, -0.1) is 0 Å². The molecule has 20 heavy (non-hydrogen) atoms. The maximum atomic E-state index is 5.93. The summed E-state index contributed by atoms with van der Waals surface area (Å²) in [5, 5.41) is 0. The van der Waals surface area contributed by atoms with Crippen LogP contribution in [0.2, 0.25) is 0 Å². The summed E-state index contributed by atoms with van der Waals surface area (Å²) in [5.41, 5.74) is 6.54. The second kappa shape index (κ2) is 5.87. The molecule has 1 aromatic rings. The van der Waals surface area contributed by atoms with Gasteiger partial charge in [0.05, 0.1) is 18.4 Å². The van der Waals surface area contributed by atoms with Crippen molar-refractivity contribution in [3.05, 3.63) is 12.1 Å². The molecule has 5 nitrogen and oxygen atoms in total. The first-order valence-corrected chi connectivity index (χ1v) is 7.44. The van der Waals surface area contributed by atoms with Crippen molar-refractivity contribution >= 4 is 11.5 Å². The summed E-state index contributed by atoms with van der Waals surface area (Å²) in [6.45, 7) is 2.47. The summed E-state index contributed by atoms with van der Waals surface area (Å²) < 4.78 is 11.4. The van der Waals surface area contributed by atoms with Crippen molar-refractivity contribution in [2.75, 3.05) is 37.4 Å². The molecule has 1 saturated heterocycles. The minimum atomic E-state index is 0.315. The third-order valence-corrected chi connectivity index (χ3v) is 3.92. The van der Waals surface area contributed by atoms with Crippen molar-refractivity contribution < 1.29 is 9.47 Å². The van der Waals surface area contributed by atoms with Crippen LogP contribution in [0.25, 0.3) is 0 Å². The number of nitrogen functional groups attached to an aromatic ring is 1. The Balaban J connectivity index is 1.63. The van der Waals surface area contributed by atoms with Gasteiger partial charge in [0.15, 0.2) is 0 Å². The van der Waals surface area contributed by atoms with Crippen molar-refractivity contribution in [1.82, 2.24) is 4.98 Å². The summed E-state index contributed by atoms with van der Waals surface area (Å²) in [7, 11) is 2.03. The van der Waals surface area contributed by atoms with E-state index in [2.05, 4.69) is 9.88 Å². The lowest BCUT2D eigenvalue weighted by atomic mass is 10.2. The van der Waals surface area contributed by atoms with Crippen molar-refractivity contribution in [3.8, 4) is 5.88 Å². The molecule has 1 aliphatic heterocycles. The zero-order valence-electron chi connectivity index (χ0n) is 12.0. The summed E-state index contributed by atoms with van der Waals surface area (Å²) in [5.74, 6) is 2.15. The van der Waals surface area contributed by atoms with Gasteiger partial charge in [-0.3, -0.25) is 0 Å². The highest BCUT2D eigenvalue weighted by atomic mass is 16.5. The van der Waals surface area contributed by atoms with Crippen molar-refractivity contribution in [1.29, 1.82) is 0 Å². The number of aromatic nitrogens is 1. The first kappa shape index (κ1) is 13.5. The number of nitrogens with two attached hydrogens (primary N) is 1. The predicted molar refractivity (Wildman–Crippen MR) is 79.1 cm³/mol. The maximum Gasteiger partial charge on any atom is 0.239 e. The van der Waals surface area contributed by atoms with Crippen LogP contribution in [-0.4, -0.2) is 37.9 Å². The molecule has 1 atom stereocenters. The quantitative estimate of drug-likeness (QED) is 0.862. The van der Waals surface area contributed by atoms with Crippen molar-refractivity contribution in [2.45, 2.75) is 31.8 Å². The van der Waals surface area contributed by atoms with E-state index in [1.165, 1.54) is 12.8 Å². The van der Waals surface area contributed by atoms with Crippen molar-refractivity contribution in [3.63, 3.8) is 0 Å². The highest BCUT2D eigenvalue weighted by Gasteiger charge is 2.23. The molecular formula is C15H23N3O2. The Morgan fingerprint density at radius 3 is 2.95 bits per heavy atom. The van der Waals surface area contributed by atoms with Crippen LogP contribution in [0.3, 0.4) is 0 Å². The number of pyridine rings is 1. The molecule has 0 aromatic carbocycles. The van der Waals surface area contributed by atoms with Gasteiger partial charge < -0.3 is 20.1 Å². The molecule has 2 fully saturated rings. The van der Waals surface area contributed by atoms with E-state index in [0.29, 0.717) is 23.6 Å². The molecule has 0 spiro atoms. The van der Waals surface area contributed by atoms with Gasteiger partial charge >= 0.3 is 0 Å². The summed E-state index contributed by atoms with van der Waals surface area (Å²) in [6.07, 6.45) is 5.13. The van der Waals surface area contributed by atoms with E-state index >= 15 is 0 Å². The minimum absolute atomic E-state index is 0.315. The van der Waals surface area contributed by atoms with Gasteiger partial charge in [-0.2, -0.15) is 4.98 Å². The lowest BCUT2D eigenvalue weighted by Crippen LogP contribution is -2.29. The maximum absolute atomic E-state index is 5.93. The molecule has 5 heteroatoms. The van der Waals surface area contributed by atoms with Gasteiger partial charge in [0.1, 0.15) is 5.82 Å². The first-order valence-electron chi connectivity index (χ1n) is 7.44. The lowest BCUT2D eigenvalue weighted by Gasteiger charge is -2.22. The molecule has 1 unspecified atom stereocenters. The van der Waals surface area contributed by atoms with E-state index in [4.69, 9.17) is 15.2 Å². The number of likely N-dealkylation sites (N-methyl/N-ethyl adjacent to an activating group) is 1. The Morgan fingerprint density at radius 2 is 2.25 bits per heavy atom. The smallest absolute Gasteiger partial charge is 0.239 e. The van der Waals surface area contributed by atoms with Gasteiger partial charge in [-0.25, -0.2) is 0 Å². The zero-order valence-corrected chi connectivity index (χ0v) is 12.0. The van der Waals surface area contributed by atoms with E-state index in [0.717, 1.165) is 38.4 Å². The highest BCUT2D eigenvalue weighted by molar-refractivity contribution is 5.54. The normalized spacial score (nSPS) is 21.9. The van der Waals surface area contributed by atoms with Gasteiger partial charge in [0.2, 0.25) is 5.88 Å². The Morgan fingerprint density at radius 1 is 1.40 bits per heavy atom. The van der Waals surface area contributed by atoms with Crippen LogP contribution in [-0.2, 0) is 4.74 Å². The summed E-state index contributed by atoms with van der Waals surface area (Å²) in [4.78, 5) is 6.65. The fourth-order valence-electron chi connectivity index (χ4n) is 2.44. The average molecular weight is 277 g/mol. The molecule has 2 heterocycles. The molecule has 2 N–H and O–H groups in total. The van der Waals surface area contributed by atoms with Crippen LogP contribution < -0.4 is 15.4 Å². The Kier molecular flexibility index (Phi) is 3.96. The summed E-state index contributed by atoms with van der Waals surface area (Å²) >= 11 is 0. The van der Waals surface area contributed by atoms with Gasteiger partial charge in [0, 0.05) is 20.2 Å². The molecule has 0 radical (unpaired) electrons. The lowest BCUT2D eigenvalue weighted by molar-refractivity contribution is 0.116. The van der Waals surface area contributed by atoms with Gasteiger partial charge in [0.25, 0.3) is 0 Å². The summed E-state index contributed by atoms with van der Waals surface area (Å²) in [6, 6.07) is 3.81. The number of rotatable bonds is 6. The zero-order chi connectivity index (χ0) is 13.9. The highest BCUT2D eigenvalue weighted by Crippen LogP contribution is 2.31. The fraction of sp³-hybridized carbons (Fsp3) is 0.667. The third-order valence-electron chi connectivity index (χ3n) is 3.92. The van der Waals surface area contributed by atoms with Gasteiger partial charge in [-0.1, -0.05) is 0 Å². The molecule has 0 bridgehead atoms. The van der Waals surface area contributed by atoms with Crippen LogP contribution in [0.1, 0.15) is 25.7 Å². The van der Waals surface area contributed by atoms with E-state index in [1.807, 2.05) is 19.2 Å². The average Bonchev–Trinajstić information content (AvgIpc) is 3.14. The number of hydrogen-bond acceptors (Lipinski definition) is 5. The van der Waals surface area contributed by atoms with Crippen LogP contribution in [0.4, 0.5) is 11.5 Å². The number of hydrogen-bond donors (Lipinski definition) is 1. The van der Waals surface area contributed by atoms with E-state index in [1.54, 1.807) is 0 Å².